The van der Waals surface area contributed by atoms with E-state index in [4.69, 9.17) is 4.74 Å². The van der Waals surface area contributed by atoms with Crippen molar-refractivity contribution in [3.63, 3.8) is 0 Å². The molecular weight excluding hydrogens is 322 g/mol. The number of hydrogen-bond acceptors (Lipinski definition) is 3. The van der Waals surface area contributed by atoms with Crippen molar-refractivity contribution in [3.05, 3.63) is 35.9 Å². The number of Topliss-reactive ketones (excluding diaryl/α,β-unsaturated/α-hetero) is 1. The van der Waals surface area contributed by atoms with Crippen LogP contribution in [0.4, 0.5) is 4.79 Å². The summed E-state index contributed by atoms with van der Waals surface area (Å²) < 4.78 is 5.09. The van der Waals surface area contributed by atoms with Crippen molar-refractivity contribution < 1.29 is 14.3 Å². The molecule has 0 saturated carbocycles. The van der Waals surface area contributed by atoms with Gasteiger partial charge in [0.2, 0.25) is 0 Å². The number of amides is 1. The van der Waals surface area contributed by atoms with Crippen molar-refractivity contribution >= 4 is 27.8 Å². The molecule has 1 amide bonds. The molecule has 0 aliphatic rings. The van der Waals surface area contributed by atoms with Crippen molar-refractivity contribution in [3.8, 4) is 0 Å². The molecule has 0 fully saturated rings. The number of aryl methyl sites for hydroxylation is 1. The van der Waals surface area contributed by atoms with E-state index in [1.807, 2.05) is 30.3 Å². The summed E-state index contributed by atoms with van der Waals surface area (Å²) in [5.74, 6) is -0.0836. The van der Waals surface area contributed by atoms with Gasteiger partial charge in [0.05, 0.1) is 0 Å². The van der Waals surface area contributed by atoms with E-state index in [0.29, 0.717) is 12.8 Å². The summed E-state index contributed by atoms with van der Waals surface area (Å²) in [6, 6.07) is 9.74. The van der Waals surface area contributed by atoms with Crippen LogP contribution < -0.4 is 5.32 Å². The van der Waals surface area contributed by atoms with E-state index in [0.717, 1.165) is 5.56 Å². The van der Waals surface area contributed by atoms with Gasteiger partial charge in [0.15, 0.2) is 5.78 Å². The van der Waals surface area contributed by atoms with E-state index in [9.17, 15) is 9.59 Å². The second-order valence-electron chi connectivity index (χ2n) is 5.46. The van der Waals surface area contributed by atoms with E-state index in [2.05, 4.69) is 21.2 Å². The second-order valence-corrected chi connectivity index (χ2v) is 6.38. The highest BCUT2D eigenvalue weighted by atomic mass is 79.9. The van der Waals surface area contributed by atoms with Crippen LogP contribution in [0.1, 0.15) is 32.8 Å². The molecule has 4 nitrogen and oxygen atoms in total. The maximum atomic E-state index is 11.9. The number of carbonyl (C=O) groups is 2. The number of rotatable bonds is 5. The zero-order valence-electron chi connectivity index (χ0n) is 12.0. The number of ketones is 1. The molecule has 1 aromatic rings. The molecular formula is C15H20BrNO3. The van der Waals surface area contributed by atoms with Crippen LogP contribution in [0.5, 0.6) is 0 Å². The minimum atomic E-state index is -0.721. The predicted molar refractivity (Wildman–Crippen MR) is 81.9 cm³/mol. The van der Waals surface area contributed by atoms with Crippen LogP contribution in [-0.2, 0) is 16.0 Å². The summed E-state index contributed by atoms with van der Waals surface area (Å²) in [7, 11) is 0. The molecule has 1 rings (SSSR count). The van der Waals surface area contributed by atoms with Crippen LogP contribution in [0, 0.1) is 0 Å². The number of carbonyl (C=O) groups excluding carboxylic acids is 2. The van der Waals surface area contributed by atoms with Crippen molar-refractivity contribution in [2.45, 2.75) is 44.2 Å². The van der Waals surface area contributed by atoms with Gasteiger partial charge in [0, 0.05) is 6.42 Å². The molecule has 0 aliphatic carbocycles. The molecule has 0 bridgehead atoms. The van der Waals surface area contributed by atoms with Gasteiger partial charge in [-0.2, -0.15) is 0 Å². The Bertz CT molecular complexity index is 454. The van der Waals surface area contributed by atoms with E-state index in [1.165, 1.54) is 0 Å². The van der Waals surface area contributed by atoms with Crippen molar-refractivity contribution in [2.75, 3.05) is 0 Å². The fourth-order valence-corrected chi connectivity index (χ4v) is 1.95. The van der Waals surface area contributed by atoms with Crippen molar-refractivity contribution in [2.24, 2.45) is 0 Å². The van der Waals surface area contributed by atoms with Crippen molar-refractivity contribution in [1.82, 2.24) is 5.32 Å². The van der Waals surface area contributed by atoms with Gasteiger partial charge in [0.25, 0.3) is 0 Å². The number of nitrogens with one attached hydrogen (secondary N) is 1. The lowest BCUT2D eigenvalue weighted by atomic mass is 10.1. The highest BCUT2D eigenvalue weighted by Crippen LogP contribution is 2.10. The van der Waals surface area contributed by atoms with Crippen LogP contribution in [0.15, 0.2) is 30.3 Å². The average molecular weight is 342 g/mol. The zero-order chi connectivity index (χ0) is 15.2. The topological polar surface area (TPSA) is 55.4 Å². The van der Waals surface area contributed by atoms with E-state index >= 15 is 0 Å². The lowest BCUT2D eigenvalue weighted by molar-refractivity contribution is -0.118. The highest BCUT2D eigenvalue weighted by Gasteiger charge is 2.21. The molecule has 0 spiro atoms. The monoisotopic (exact) mass is 341 g/mol. The Balaban J connectivity index is 2.38. The van der Waals surface area contributed by atoms with Gasteiger partial charge in [-0.25, -0.2) is 4.79 Å². The minimum Gasteiger partial charge on any atom is -0.444 e. The van der Waals surface area contributed by atoms with E-state index < -0.39 is 16.6 Å². The Hall–Kier alpha value is -1.36. The summed E-state index contributed by atoms with van der Waals surface area (Å²) in [4.78, 5) is 22.7. The van der Waals surface area contributed by atoms with E-state index in [1.54, 1.807) is 20.8 Å². The van der Waals surface area contributed by atoms with Gasteiger partial charge in [0.1, 0.15) is 10.6 Å². The molecule has 1 atom stereocenters. The number of ether oxygens (including phenoxy) is 1. The fraction of sp³-hybridized carbons (Fsp3) is 0.467. The predicted octanol–water partition coefficient (Wildman–Crippen LogP) is 3.43. The Morgan fingerprint density at radius 2 is 1.85 bits per heavy atom. The summed E-state index contributed by atoms with van der Waals surface area (Å²) in [6.45, 7) is 5.31. The first-order chi connectivity index (χ1) is 9.28. The molecule has 20 heavy (non-hydrogen) atoms. The maximum absolute atomic E-state index is 11.9. The Labute approximate surface area is 128 Å². The number of alkyl carbamates (subject to hydrolysis) is 1. The molecule has 0 saturated heterocycles. The Morgan fingerprint density at radius 1 is 1.25 bits per heavy atom. The molecule has 1 unspecified atom stereocenters. The third-order valence-corrected chi connectivity index (χ3v) is 3.17. The van der Waals surface area contributed by atoms with Gasteiger partial charge < -0.3 is 10.1 Å². The number of benzene rings is 1. The van der Waals surface area contributed by atoms with Crippen molar-refractivity contribution in [1.29, 1.82) is 0 Å². The van der Waals surface area contributed by atoms with Crippen LogP contribution in [0.25, 0.3) is 0 Å². The molecule has 0 radical (unpaired) electrons. The minimum absolute atomic E-state index is 0.0836. The van der Waals surface area contributed by atoms with Gasteiger partial charge in [-0.05, 0) is 32.8 Å². The summed E-state index contributed by atoms with van der Waals surface area (Å²) >= 11 is 3.16. The Kier molecular flexibility index (Phi) is 6.20. The number of halogens is 1. The molecule has 110 valence electrons. The first kappa shape index (κ1) is 16.7. The lowest BCUT2D eigenvalue weighted by Gasteiger charge is -2.21. The van der Waals surface area contributed by atoms with Crippen LogP contribution in [-0.4, -0.2) is 22.4 Å². The third kappa shape index (κ3) is 6.70. The van der Waals surface area contributed by atoms with Gasteiger partial charge >= 0.3 is 6.09 Å². The maximum Gasteiger partial charge on any atom is 0.408 e. The zero-order valence-corrected chi connectivity index (χ0v) is 13.6. The van der Waals surface area contributed by atoms with Crippen LogP contribution in [0.3, 0.4) is 0 Å². The second kappa shape index (κ2) is 7.43. The van der Waals surface area contributed by atoms with Gasteiger partial charge in [-0.15, -0.1) is 0 Å². The third-order valence-electron chi connectivity index (χ3n) is 2.43. The molecule has 0 aromatic heterocycles. The quantitative estimate of drug-likeness (QED) is 0.659. The van der Waals surface area contributed by atoms with E-state index in [-0.39, 0.29) is 5.78 Å². The first-order valence-corrected chi connectivity index (χ1v) is 7.40. The van der Waals surface area contributed by atoms with Crippen LogP contribution in [0.2, 0.25) is 0 Å². The van der Waals surface area contributed by atoms with Gasteiger partial charge in [-0.3, -0.25) is 4.79 Å². The molecule has 5 heteroatoms. The lowest BCUT2D eigenvalue weighted by Crippen LogP contribution is -2.40. The fourth-order valence-electron chi connectivity index (χ4n) is 1.53. The first-order valence-electron chi connectivity index (χ1n) is 6.48. The Morgan fingerprint density at radius 3 is 2.40 bits per heavy atom. The van der Waals surface area contributed by atoms with Gasteiger partial charge in [-0.1, -0.05) is 46.3 Å². The normalized spacial score (nSPS) is 12.6. The SMILES string of the molecule is CC(C)(C)OC(=O)NC(Br)C(=O)CCc1ccccc1. The largest absolute Gasteiger partial charge is 0.444 e. The molecule has 0 aliphatic heterocycles. The summed E-state index contributed by atoms with van der Waals surface area (Å²) in [5, 5.41) is 2.48. The number of alkyl halides is 1. The average Bonchev–Trinajstić information content (AvgIpc) is 2.34. The number of hydrogen-bond donors (Lipinski definition) is 1. The summed E-state index contributed by atoms with van der Waals surface area (Å²) in [6.07, 6.45) is 0.403. The van der Waals surface area contributed by atoms with Crippen LogP contribution >= 0.6 is 15.9 Å². The molecule has 0 heterocycles. The smallest absolute Gasteiger partial charge is 0.408 e. The summed E-state index contributed by atoms with van der Waals surface area (Å²) in [5.41, 5.74) is 0.516. The molecule has 1 N–H and O–H groups in total. The highest BCUT2D eigenvalue weighted by molar-refractivity contribution is 9.10. The molecule has 1 aromatic carbocycles. The standard InChI is InChI=1S/C15H20BrNO3/c1-15(2,3)20-14(19)17-13(16)12(18)10-9-11-7-5-4-6-8-11/h4-8,13H,9-10H2,1-3H3,(H,17,19).